The Bertz CT molecular complexity index is 3430. The molecule has 14 atom stereocenters. The first-order valence-electron chi connectivity index (χ1n) is 29.1. The number of ketones is 5. The van der Waals surface area contributed by atoms with Gasteiger partial charge in [-0.05, 0) is 45.7 Å². The summed E-state index contributed by atoms with van der Waals surface area (Å²) in [5, 5.41) is 122. The van der Waals surface area contributed by atoms with E-state index in [4.69, 9.17) is 28.4 Å². The van der Waals surface area contributed by atoms with Crippen LogP contribution < -0.4 is 0 Å². The van der Waals surface area contributed by atoms with Crippen LogP contribution in [0.4, 0.5) is 0 Å². The average Bonchev–Trinajstić information content (AvgIpc) is 0.721. The van der Waals surface area contributed by atoms with E-state index in [-0.39, 0.29) is 119 Å². The lowest BCUT2D eigenvalue weighted by Gasteiger charge is -2.47. The van der Waals surface area contributed by atoms with Crippen LogP contribution in [-0.2, 0) is 39.6 Å². The first kappa shape index (κ1) is 66.7. The molecular weight excluding hydrogens is 1200 g/mol. The summed E-state index contributed by atoms with van der Waals surface area (Å²) in [6.07, 6.45) is -9.84. The Morgan fingerprint density at radius 3 is 1.72 bits per heavy atom. The van der Waals surface area contributed by atoms with E-state index in [2.05, 4.69) is 9.80 Å². The molecule has 24 nitrogen and oxygen atoms in total. The number of aryl methyl sites for hydroxylation is 1. The highest BCUT2D eigenvalue weighted by Crippen LogP contribution is 2.57. The molecule has 4 aliphatic carbocycles. The molecule has 0 radical (unpaired) electrons. The number of carbonyl (C=O) groups is 5. The summed E-state index contributed by atoms with van der Waals surface area (Å²) < 4.78 is 35.8. The van der Waals surface area contributed by atoms with E-state index in [1.54, 1.807) is 39.8 Å². The minimum Gasteiger partial charge on any atom is -0.507 e. The summed E-state index contributed by atoms with van der Waals surface area (Å²) in [7, 11) is 0. The highest BCUT2D eigenvalue weighted by atomic mass is 35.5. The van der Waals surface area contributed by atoms with Gasteiger partial charge in [0.15, 0.2) is 35.7 Å². The first-order valence-corrected chi connectivity index (χ1v) is 29.1. The van der Waals surface area contributed by atoms with Crippen molar-refractivity contribution in [2.24, 2.45) is 0 Å². The van der Waals surface area contributed by atoms with Gasteiger partial charge >= 0.3 is 0 Å². The van der Waals surface area contributed by atoms with Crippen molar-refractivity contribution < 1.29 is 109 Å². The van der Waals surface area contributed by atoms with E-state index in [1.807, 2.05) is 6.92 Å². The fraction of sp³-hybridized carbons (Fsp3) is 0.532. The number of phenolic OH excluding ortho intramolecular Hbond substituents is 5. The van der Waals surface area contributed by atoms with Gasteiger partial charge < -0.3 is 84.6 Å². The molecule has 26 heteroatoms. The number of nitrogens with zero attached hydrogens (tertiary/aromatic N) is 2. The van der Waals surface area contributed by atoms with Crippen LogP contribution in [0.15, 0.2) is 36.4 Å². The Kier molecular flexibility index (Phi) is 19.3. The predicted molar refractivity (Wildman–Crippen MR) is 312 cm³/mol. The Hall–Kier alpha value is -5.75. The van der Waals surface area contributed by atoms with Gasteiger partial charge in [-0.25, -0.2) is 0 Å². The molecule has 4 aromatic rings. The van der Waals surface area contributed by atoms with Gasteiger partial charge in [0.1, 0.15) is 47.1 Å². The van der Waals surface area contributed by atoms with Crippen molar-refractivity contribution in [3.05, 3.63) is 109 Å². The number of halogens is 2. The minimum atomic E-state index is -2.22. The molecule has 0 saturated carbocycles. The number of aromatic hydroxyl groups is 5. The number of morpholine rings is 2. The molecule has 4 saturated heterocycles. The van der Waals surface area contributed by atoms with Crippen LogP contribution in [0.25, 0.3) is 0 Å². The number of Topliss-reactive ketones (excluding diaryl/α,β-unsaturated/α-hetero) is 1. The van der Waals surface area contributed by atoms with E-state index >= 15 is 0 Å². The van der Waals surface area contributed by atoms with Crippen LogP contribution in [0.5, 0.6) is 28.7 Å². The van der Waals surface area contributed by atoms with E-state index in [1.165, 1.54) is 24.3 Å². The van der Waals surface area contributed by atoms with E-state index in [0.717, 1.165) is 0 Å². The van der Waals surface area contributed by atoms with E-state index in [9.17, 15) is 80.1 Å². The van der Waals surface area contributed by atoms with Gasteiger partial charge in [-0.15, -0.1) is 24.8 Å². The number of fused-ring (bicyclic) bond motifs is 6. The standard InChI is InChI=1S/C32H37NO11.C30H35NO11.2ClH/c1-14-5-4-6-17-23(14)30(39)26-25(28(17)37)29(38)18-10-32(41,21(35)13-34)11-20(24(18)31(26)40)44-22-9-19(27(36)16(3)43-22)33-7-8-42-15(2)12-33;1-3-30(39)12-17(42-18-11-15(24(33)13(2)41-18)31-7-9-40-10-8-31)20-23(29(30)38)28(37)21-22(27(20)36)26(35)19-14(25(21)34)5-4-6-16(19)32;;/h4-6,15-16,19-20,22,27,34,36,38,40-41H,7-13H2,1-3H3;4-6,13,15,17-18,24,29,32-33,36-39H,3,7-12H2,1-2H3;2*1H/t15-,16+,19+,20+,22+,27-,32+;13-,15?,17-,18-,24+,29+,30+;;/m10../s1. The summed E-state index contributed by atoms with van der Waals surface area (Å²) in [5.74, 6) is -7.13. The number of aliphatic hydroxyl groups excluding tert-OH is 4. The van der Waals surface area contributed by atoms with Gasteiger partial charge in [0.25, 0.3) is 0 Å². The second-order valence-electron chi connectivity index (χ2n) is 23.9. The van der Waals surface area contributed by atoms with E-state index < -0.39 is 160 Å². The molecule has 0 amide bonds. The third kappa shape index (κ3) is 11.2. The van der Waals surface area contributed by atoms with Gasteiger partial charge in [-0.1, -0.05) is 37.3 Å². The zero-order chi connectivity index (χ0) is 61.7. The largest absolute Gasteiger partial charge is 0.507 e. The quantitative estimate of drug-likeness (QED) is 0.0925. The van der Waals surface area contributed by atoms with Crippen LogP contribution in [0.3, 0.4) is 0 Å². The molecule has 12 rings (SSSR count). The number of ether oxygens (including phenoxy) is 6. The Morgan fingerprint density at radius 1 is 0.636 bits per heavy atom. The first-order chi connectivity index (χ1) is 40.8. The molecule has 4 fully saturated rings. The normalized spacial score (nSPS) is 31.9. The highest BCUT2D eigenvalue weighted by Gasteiger charge is 2.54. The van der Waals surface area contributed by atoms with Gasteiger partial charge in [0, 0.05) is 109 Å². The van der Waals surface area contributed by atoms with Crippen molar-refractivity contribution >= 4 is 53.7 Å². The number of aliphatic hydroxyl groups is 6. The van der Waals surface area contributed by atoms with Crippen molar-refractivity contribution in [1.82, 2.24) is 9.80 Å². The molecule has 8 aliphatic rings. The zero-order valence-electron chi connectivity index (χ0n) is 48.9. The minimum absolute atomic E-state index is 0. The molecule has 4 aliphatic heterocycles. The number of phenols is 5. The Morgan fingerprint density at radius 2 is 1.14 bits per heavy atom. The molecule has 1 unspecified atom stereocenters. The van der Waals surface area contributed by atoms with Gasteiger partial charge in [-0.3, -0.25) is 33.8 Å². The summed E-state index contributed by atoms with van der Waals surface area (Å²) in [4.78, 5) is 71.5. The van der Waals surface area contributed by atoms with Gasteiger partial charge in [0.2, 0.25) is 5.78 Å². The van der Waals surface area contributed by atoms with Crippen LogP contribution in [0, 0.1) is 6.92 Å². The fourth-order valence-electron chi connectivity index (χ4n) is 14.1. The Balaban J connectivity index is 0.000000205. The Labute approximate surface area is 517 Å². The van der Waals surface area contributed by atoms with Gasteiger partial charge in [0.05, 0.1) is 96.0 Å². The lowest BCUT2D eigenvalue weighted by Crippen LogP contribution is -2.59. The second kappa shape index (κ2) is 25.5. The van der Waals surface area contributed by atoms with Crippen LogP contribution in [0.2, 0.25) is 0 Å². The maximum Gasteiger partial charge on any atom is 0.202 e. The summed E-state index contributed by atoms with van der Waals surface area (Å²) in [6.45, 7) is 11.6. The van der Waals surface area contributed by atoms with Crippen molar-refractivity contribution in [2.45, 2.75) is 158 Å². The number of hydrogen-bond donors (Lipinski definition) is 11. The molecule has 4 heterocycles. The lowest BCUT2D eigenvalue weighted by molar-refractivity contribution is -0.264. The molecule has 4 aromatic carbocycles. The maximum atomic E-state index is 13.8. The number of rotatable bonds is 9. The monoisotopic (exact) mass is 1270 g/mol. The number of benzene rings is 4. The average molecular weight is 1270 g/mol. The zero-order valence-corrected chi connectivity index (χ0v) is 50.5. The molecule has 478 valence electrons. The fourth-order valence-corrected chi connectivity index (χ4v) is 14.1. The predicted octanol–water partition coefficient (Wildman–Crippen LogP) is 3.32. The van der Waals surface area contributed by atoms with Crippen molar-refractivity contribution in [3.63, 3.8) is 0 Å². The molecular formula is C62H74Cl2N2O22. The molecule has 0 spiro atoms. The molecule has 11 N–H and O–H groups in total. The second-order valence-corrected chi connectivity index (χ2v) is 23.9. The SMILES string of the molecule is CC[C@@]1(O)C[C@H](O[C@H]2CC(N3CCOCC3)[C@H](O)[C@H](C)O2)c2c(O)c3c(c(O)c2[C@H]1O)C(=O)c1cccc(O)c1C3=O.Cc1cccc2c1C(=O)c1c(O)c3c(c(O)c1C2=O)C[C@@](O)(C(=O)CO)C[C@@H]3O[C@H]1C[C@H](N2CCO[C@H](C)C2)[C@H](O)[C@H](C)O1.Cl.Cl. The topological polar surface area (TPSA) is 370 Å². The molecule has 0 aromatic heterocycles. The van der Waals surface area contributed by atoms with Crippen molar-refractivity contribution in [2.75, 3.05) is 52.6 Å². The summed E-state index contributed by atoms with van der Waals surface area (Å²) >= 11 is 0. The third-order valence-electron chi connectivity index (χ3n) is 18.8. The van der Waals surface area contributed by atoms with Crippen molar-refractivity contribution in [1.29, 1.82) is 0 Å². The highest BCUT2D eigenvalue weighted by molar-refractivity contribution is 6.32. The smallest absolute Gasteiger partial charge is 0.202 e. The molecule has 0 bridgehead atoms. The maximum absolute atomic E-state index is 13.8. The van der Waals surface area contributed by atoms with Crippen molar-refractivity contribution in [3.8, 4) is 28.7 Å². The third-order valence-corrected chi connectivity index (χ3v) is 18.8. The van der Waals surface area contributed by atoms with E-state index in [0.29, 0.717) is 51.6 Å². The summed E-state index contributed by atoms with van der Waals surface area (Å²) in [5.41, 5.74) is -6.32. The van der Waals surface area contributed by atoms with Crippen LogP contribution in [0.1, 0.15) is 170 Å². The number of carbonyl (C=O) groups excluding carboxylic acids is 5. The van der Waals surface area contributed by atoms with Crippen LogP contribution in [-0.4, -0.2) is 214 Å². The lowest BCUT2D eigenvalue weighted by atomic mass is 9.70. The molecule has 88 heavy (non-hydrogen) atoms. The number of hydrogen-bond acceptors (Lipinski definition) is 24. The van der Waals surface area contributed by atoms with Crippen LogP contribution >= 0.6 is 24.8 Å². The van der Waals surface area contributed by atoms with Gasteiger partial charge in [-0.2, -0.15) is 0 Å². The summed E-state index contributed by atoms with van der Waals surface area (Å²) in [6, 6.07) is 7.96.